The molecule has 1 aliphatic rings. The predicted molar refractivity (Wildman–Crippen MR) is 64.6 cm³/mol. The summed E-state index contributed by atoms with van der Waals surface area (Å²) in [5, 5.41) is 1.13. The fraction of sp³-hybridized carbons (Fsp3) is 0.308. The molecule has 88 valence electrons. The summed E-state index contributed by atoms with van der Waals surface area (Å²) >= 11 is 0. The lowest BCUT2D eigenvalue weighted by Gasteiger charge is -2.07. The predicted octanol–water partition coefficient (Wildman–Crippen LogP) is 1.53. The molecular formula is C13H14N2O2. The van der Waals surface area contributed by atoms with Gasteiger partial charge in [-0.05, 0) is 18.1 Å². The Morgan fingerprint density at radius 3 is 3.06 bits per heavy atom. The largest absolute Gasteiger partial charge is 0.468 e. The summed E-state index contributed by atoms with van der Waals surface area (Å²) in [6.07, 6.45) is 2.59. The van der Waals surface area contributed by atoms with Crippen molar-refractivity contribution < 1.29 is 9.53 Å². The Morgan fingerprint density at radius 1 is 1.53 bits per heavy atom. The molecular weight excluding hydrogens is 216 g/mol. The van der Waals surface area contributed by atoms with Crippen LogP contribution in [-0.2, 0) is 9.53 Å². The van der Waals surface area contributed by atoms with E-state index >= 15 is 0 Å². The van der Waals surface area contributed by atoms with Crippen LogP contribution in [0.15, 0.2) is 30.5 Å². The summed E-state index contributed by atoms with van der Waals surface area (Å²) in [7, 11) is 1.38. The first-order valence-electron chi connectivity index (χ1n) is 5.60. The number of para-hydroxylation sites is 1. The molecule has 1 aliphatic carbocycles. The number of H-pyrrole nitrogens is 1. The van der Waals surface area contributed by atoms with E-state index in [2.05, 4.69) is 4.98 Å². The van der Waals surface area contributed by atoms with E-state index in [0.29, 0.717) is 6.42 Å². The van der Waals surface area contributed by atoms with Crippen LogP contribution in [0.2, 0.25) is 0 Å². The van der Waals surface area contributed by atoms with Gasteiger partial charge in [0.05, 0.1) is 7.11 Å². The maximum atomic E-state index is 11.6. The standard InChI is InChI=1S/C13H14N2O2/c1-17-12(16)13(14)6-10(13)9-7-15-11-5-3-2-4-8(9)11/h2-5,7,10,15H,6,14H2,1H3/t10-,13-/m1/s1. The second-order valence-electron chi connectivity index (χ2n) is 4.58. The number of nitrogens with one attached hydrogen (secondary N) is 1. The first kappa shape index (κ1) is 10.4. The fourth-order valence-electron chi connectivity index (χ4n) is 2.46. The third kappa shape index (κ3) is 1.37. The highest BCUT2D eigenvalue weighted by atomic mass is 16.5. The molecule has 0 spiro atoms. The maximum Gasteiger partial charge on any atom is 0.326 e. The molecule has 3 N–H and O–H groups in total. The summed E-state index contributed by atoms with van der Waals surface area (Å²) in [5.74, 6) is -0.265. The van der Waals surface area contributed by atoms with Crippen LogP contribution in [0.3, 0.4) is 0 Å². The number of aromatic amines is 1. The summed E-state index contributed by atoms with van der Waals surface area (Å²) in [6, 6.07) is 8.01. The van der Waals surface area contributed by atoms with Crippen LogP contribution in [-0.4, -0.2) is 23.6 Å². The molecule has 1 aromatic carbocycles. The van der Waals surface area contributed by atoms with Crippen LogP contribution in [0.4, 0.5) is 0 Å². The zero-order chi connectivity index (χ0) is 12.0. The minimum atomic E-state index is -0.834. The van der Waals surface area contributed by atoms with Crippen LogP contribution in [0.5, 0.6) is 0 Å². The highest BCUT2D eigenvalue weighted by molar-refractivity contribution is 5.91. The zero-order valence-corrected chi connectivity index (χ0v) is 9.57. The van der Waals surface area contributed by atoms with E-state index in [1.165, 1.54) is 7.11 Å². The van der Waals surface area contributed by atoms with Crippen LogP contribution in [0.25, 0.3) is 10.9 Å². The first-order valence-corrected chi connectivity index (χ1v) is 5.60. The Hall–Kier alpha value is -1.81. The Morgan fingerprint density at radius 2 is 2.29 bits per heavy atom. The number of methoxy groups -OCH3 is 1. The van der Waals surface area contributed by atoms with Crippen molar-refractivity contribution >= 4 is 16.9 Å². The second-order valence-corrected chi connectivity index (χ2v) is 4.58. The molecule has 0 saturated heterocycles. The lowest BCUT2D eigenvalue weighted by molar-refractivity contribution is -0.143. The number of fused-ring (bicyclic) bond motifs is 1. The van der Waals surface area contributed by atoms with E-state index in [-0.39, 0.29) is 11.9 Å². The molecule has 2 atom stereocenters. The van der Waals surface area contributed by atoms with E-state index in [9.17, 15) is 4.79 Å². The van der Waals surface area contributed by atoms with Crippen molar-refractivity contribution in [3.05, 3.63) is 36.0 Å². The molecule has 0 aliphatic heterocycles. The molecule has 0 amide bonds. The molecule has 1 saturated carbocycles. The number of esters is 1. The molecule has 0 unspecified atom stereocenters. The second kappa shape index (κ2) is 3.34. The van der Waals surface area contributed by atoms with Gasteiger partial charge in [0.2, 0.25) is 0 Å². The minimum absolute atomic E-state index is 0.0612. The van der Waals surface area contributed by atoms with Gasteiger partial charge in [-0.15, -0.1) is 0 Å². The normalized spacial score (nSPS) is 27.1. The number of rotatable bonds is 2. The van der Waals surface area contributed by atoms with Crippen LogP contribution in [0, 0.1) is 0 Å². The van der Waals surface area contributed by atoms with E-state index < -0.39 is 5.54 Å². The molecule has 4 nitrogen and oxygen atoms in total. The molecule has 0 radical (unpaired) electrons. The highest BCUT2D eigenvalue weighted by Crippen LogP contribution is 2.51. The SMILES string of the molecule is COC(=O)[C@@]1(N)C[C@@H]1c1c[nH]c2ccccc12. The van der Waals surface area contributed by atoms with Gasteiger partial charge < -0.3 is 15.5 Å². The average Bonchev–Trinajstić information content (AvgIpc) is 2.88. The lowest BCUT2D eigenvalue weighted by Crippen LogP contribution is -2.35. The Balaban J connectivity index is 2.00. The number of aromatic nitrogens is 1. The Kier molecular flexibility index (Phi) is 2.03. The lowest BCUT2D eigenvalue weighted by atomic mass is 10.1. The number of hydrogen-bond acceptors (Lipinski definition) is 3. The van der Waals surface area contributed by atoms with Gasteiger partial charge in [0.15, 0.2) is 0 Å². The van der Waals surface area contributed by atoms with Gasteiger partial charge in [0, 0.05) is 23.0 Å². The average molecular weight is 230 g/mol. The minimum Gasteiger partial charge on any atom is -0.468 e. The number of carbonyl (C=O) groups excluding carboxylic acids is 1. The van der Waals surface area contributed by atoms with Gasteiger partial charge >= 0.3 is 5.97 Å². The summed E-state index contributed by atoms with van der Waals surface area (Å²) in [4.78, 5) is 14.8. The van der Waals surface area contributed by atoms with Crippen molar-refractivity contribution in [1.82, 2.24) is 4.98 Å². The third-order valence-electron chi connectivity index (χ3n) is 3.57. The molecule has 4 heteroatoms. The van der Waals surface area contributed by atoms with Crippen LogP contribution < -0.4 is 5.73 Å². The smallest absolute Gasteiger partial charge is 0.326 e. The van der Waals surface area contributed by atoms with Crippen molar-refractivity contribution in [3.63, 3.8) is 0 Å². The van der Waals surface area contributed by atoms with Gasteiger partial charge in [0.25, 0.3) is 0 Å². The molecule has 0 bridgehead atoms. The van der Waals surface area contributed by atoms with E-state index in [4.69, 9.17) is 10.5 Å². The first-order chi connectivity index (χ1) is 8.16. The summed E-state index contributed by atoms with van der Waals surface area (Å²) in [5.41, 5.74) is 7.38. The number of nitrogens with two attached hydrogens (primary N) is 1. The maximum absolute atomic E-state index is 11.6. The third-order valence-corrected chi connectivity index (χ3v) is 3.57. The topological polar surface area (TPSA) is 68.1 Å². The molecule has 2 aromatic rings. The van der Waals surface area contributed by atoms with Gasteiger partial charge in [-0.1, -0.05) is 18.2 Å². The van der Waals surface area contributed by atoms with Crippen molar-refractivity contribution in [3.8, 4) is 0 Å². The number of benzene rings is 1. The van der Waals surface area contributed by atoms with E-state index in [1.807, 2.05) is 30.5 Å². The van der Waals surface area contributed by atoms with Crippen molar-refractivity contribution in [2.75, 3.05) is 7.11 Å². The highest BCUT2D eigenvalue weighted by Gasteiger charge is 2.59. The number of ether oxygens (including phenoxy) is 1. The Bertz CT molecular complexity index is 590. The zero-order valence-electron chi connectivity index (χ0n) is 9.57. The molecule has 1 aromatic heterocycles. The summed E-state index contributed by atoms with van der Waals surface area (Å²) < 4.78 is 4.74. The van der Waals surface area contributed by atoms with Crippen LogP contribution in [0.1, 0.15) is 17.9 Å². The molecule has 3 rings (SSSR count). The van der Waals surface area contributed by atoms with Crippen molar-refractivity contribution in [2.45, 2.75) is 17.9 Å². The molecule has 1 heterocycles. The van der Waals surface area contributed by atoms with Gasteiger partial charge in [-0.25, -0.2) is 0 Å². The van der Waals surface area contributed by atoms with Gasteiger partial charge in [-0.3, -0.25) is 4.79 Å². The number of hydrogen-bond donors (Lipinski definition) is 2. The van der Waals surface area contributed by atoms with Crippen molar-refractivity contribution in [1.29, 1.82) is 0 Å². The van der Waals surface area contributed by atoms with Gasteiger partial charge in [0.1, 0.15) is 5.54 Å². The quantitative estimate of drug-likeness (QED) is 0.769. The van der Waals surface area contributed by atoms with E-state index in [0.717, 1.165) is 16.5 Å². The Labute approximate surface area is 98.8 Å². The number of carbonyl (C=O) groups is 1. The van der Waals surface area contributed by atoms with Crippen LogP contribution >= 0.6 is 0 Å². The van der Waals surface area contributed by atoms with Gasteiger partial charge in [-0.2, -0.15) is 0 Å². The van der Waals surface area contributed by atoms with E-state index in [1.54, 1.807) is 0 Å². The monoisotopic (exact) mass is 230 g/mol. The molecule has 1 fully saturated rings. The summed E-state index contributed by atoms with van der Waals surface area (Å²) in [6.45, 7) is 0. The van der Waals surface area contributed by atoms with Crippen molar-refractivity contribution in [2.24, 2.45) is 5.73 Å². The molecule has 17 heavy (non-hydrogen) atoms. The fourth-order valence-corrected chi connectivity index (χ4v) is 2.46.